The molecule has 0 unspecified atom stereocenters. The molecule has 8 heteroatoms. The molecule has 2 heterocycles. The molecule has 6 nitrogen and oxygen atoms in total. The first-order chi connectivity index (χ1) is 14.9. The van der Waals surface area contributed by atoms with Crippen molar-refractivity contribution in [3.63, 3.8) is 0 Å². The van der Waals surface area contributed by atoms with Crippen LogP contribution in [-0.4, -0.2) is 48.8 Å². The van der Waals surface area contributed by atoms with Crippen LogP contribution in [-0.2, 0) is 0 Å². The monoisotopic (exact) mass is 429 g/mol. The first kappa shape index (κ1) is 22.7. The summed E-state index contributed by atoms with van der Waals surface area (Å²) >= 11 is 0. The van der Waals surface area contributed by atoms with E-state index in [1.54, 1.807) is 46.3 Å². The maximum absolute atomic E-state index is 15.1. The molecule has 1 amide bonds. The van der Waals surface area contributed by atoms with Gasteiger partial charge < -0.3 is 20.1 Å². The summed E-state index contributed by atoms with van der Waals surface area (Å²) in [7, 11) is 3.21. The Balaban J connectivity index is 1.96. The predicted molar refractivity (Wildman–Crippen MR) is 121 cm³/mol. The van der Waals surface area contributed by atoms with E-state index >= 15 is 4.39 Å². The molecule has 166 valence electrons. The maximum Gasteiger partial charge on any atom is 0.253 e. The third kappa shape index (κ3) is 4.85. The molecule has 2 aromatic rings. The average molecular weight is 430 g/mol. The Bertz CT molecular complexity index is 1000. The van der Waals surface area contributed by atoms with Crippen LogP contribution in [0.15, 0.2) is 35.5 Å². The molecule has 1 aromatic heterocycles. The fourth-order valence-corrected chi connectivity index (χ4v) is 3.78. The molecule has 1 aliphatic heterocycles. The number of hydrogen-bond acceptors (Lipinski definition) is 4. The Labute approximate surface area is 181 Å². The molecule has 31 heavy (non-hydrogen) atoms. The number of carbonyl (C=O) groups is 1. The second kappa shape index (κ2) is 9.87. The van der Waals surface area contributed by atoms with E-state index in [4.69, 9.17) is 0 Å². The van der Waals surface area contributed by atoms with E-state index in [2.05, 4.69) is 15.6 Å². The number of amides is 1. The van der Waals surface area contributed by atoms with Gasteiger partial charge in [0.25, 0.3) is 5.91 Å². The van der Waals surface area contributed by atoms with Gasteiger partial charge in [0.2, 0.25) is 0 Å². The van der Waals surface area contributed by atoms with Crippen molar-refractivity contribution in [2.45, 2.75) is 32.7 Å². The number of halogens is 2. The molecule has 0 atom stereocenters. The number of nitrogens with zero attached hydrogens (tertiary/aromatic N) is 3. The normalized spacial score (nSPS) is 15.5. The summed E-state index contributed by atoms with van der Waals surface area (Å²) in [5, 5.41) is 6.30. The number of benzene rings is 1. The SMILES string of the molecule is CC=Nc1c(/C(=C/C)Nc2ccc(C(=O)N(C)C)cc2F)c(F)cn1C1CCNCC1. The molecule has 0 spiro atoms. The van der Waals surface area contributed by atoms with E-state index in [9.17, 15) is 9.18 Å². The number of aliphatic imine (C=N–C) groups is 1. The van der Waals surface area contributed by atoms with Gasteiger partial charge in [0, 0.05) is 43.8 Å². The largest absolute Gasteiger partial charge is 0.353 e. The van der Waals surface area contributed by atoms with E-state index in [0.29, 0.717) is 17.1 Å². The molecule has 0 aliphatic carbocycles. The van der Waals surface area contributed by atoms with Crippen molar-refractivity contribution in [3.8, 4) is 0 Å². The average Bonchev–Trinajstić information content (AvgIpc) is 3.09. The summed E-state index contributed by atoms with van der Waals surface area (Å²) in [6, 6.07) is 4.36. The van der Waals surface area contributed by atoms with Gasteiger partial charge in [-0.3, -0.25) is 4.79 Å². The van der Waals surface area contributed by atoms with Crippen LogP contribution in [0.4, 0.5) is 20.3 Å². The second-order valence-corrected chi connectivity index (χ2v) is 7.67. The van der Waals surface area contributed by atoms with Crippen LogP contribution in [0.1, 0.15) is 48.7 Å². The number of aromatic nitrogens is 1. The maximum atomic E-state index is 15.1. The fourth-order valence-electron chi connectivity index (χ4n) is 3.78. The molecule has 0 bridgehead atoms. The summed E-state index contributed by atoms with van der Waals surface area (Å²) in [6.07, 6.45) is 6.57. The van der Waals surface area contributed by atoms with Gasteiger partial charge in [-0.05, 0) is 58.0 Å². The summed E-state index contributed by atoms with van der Waals surface area (Å²) in [5.74, 6) is -0.793. The molecule has 1 aliphatic rings. The van der Waals surface area contributed by atoms with Crippen LogP contribution in [0.3, 0.4) is 0 Å². The predicted octanol–water partition coefficient (Wildman–Crippen LogP) is 4.59. The lowest BCUT2D eigenvalue weighted by Crippen LogP contribution is -2.29. The smallest absolute Gasteiger partial charge is 0.253 e. The van der Waals surface area contributed by atoms with E-state index in [-0.39, 0.29) is 23.2 Å². The van der Waals surface area contributed by atoms with Gasteiger partial charge in [0.05, 0.1) is 11.3 Å². The van der Waals surface area contributed by atoms with Crippen molar-refractivity contribution >= 4 is 29.3 Å². The number of allylic oxidation sites excluding steroid dienone is 1. The summed E-state index contributed by atoms with van der Waals surface area (Å²) in [6.45, 7) is 5.27. The summed E-state index contributed by atoms with van der Waals surface area (Å²) < 4.78 is 31.7. The highest BCUT2D eigenvalue weighted by Crippen LogP contribution is 2.36. The minimum Gasteiger partial charge on any atom is -0.353 e. The van der Waals surface area contributed by atoms with Gasteiger partial charge in [0.15, 0.2) is 5.82 Å². The van der Waals surface area contributed by atoms with Gasteiger partial charge in [-0.1, -0.05) is 6.08 Å². The van der Waals surface area contributed by atoms with Gasteiger partial charge in [-0.2, -0.15) is 0 Å². The van der Waals surface area contributed by atoms with E-state index in [1.807, 2.05) is 4.57 Å². The summed E-state index contributed by atoms with van der Waals surface area (Å²) in [5.41, 5.74) is 1.11. The minimum absolute atomic E-state index is 0.148. The number of rotatable bonds is 6. The van der Waals surface area contributed by atoms with Gasteiger partial charge >= 0.3 is 0 Å². The number of hydrogen-bond donors (Lipinski definition) is 2. The quantitative estimate of drug-likeness (QED) is 0.661. The Morgan fingerprint density at radius 1 is 1.23 bits per heavy atom. The molecule has 1 aromatic carbocycles. The molecule has 0 radical (unpaired) electrons. The highest BCUT2D eigenvalue weighted by molar-refractivity contribution is 5.94. The van der Waals surface area contributed by atoms with Gasteiger partial charge in [-0.15, -0.1) is 0 Å². The van der Waals surface area contributed by atoms with Crippen LogP contribution < -0.4 is 10.6 Å². The van der Waals surface area contributed by atoms with Crippen LogP contribution in [0.5, 0.6) is 0 Å². The zero-order chi connectivity index (χ0) is 22.5. The first-order valence-corrected chi connectivity index (χ1v) is 10.4. The molecule has 0 saturated carbocycles. The second-order valence-electron chi connectivity index (χ2n) is 7.67. The van der Waals surface area contributed by atoms with Crippen LogP contribution >= 0.6 is 0 Å². The third-order valence-corrected chi connectivity index (χ3v) is 5.36. The zero-order valence-corrected chi connectivity index (χ0v) is 18.4. The standard InChI is InChI=1S/C23H29F2N5O/c1-5-19(28-20-8-7-15(13-17(20)24)23(31)29(3)4)21-18(25)14-30(22(21)27-6-2)16-9-11-26-12-10-16/h5-8,13-14,16,26,28H,9-12H2,1-4H3/b19-5-,27-6?. The minimum atomic E-state index is -0.592. The van der Waals surface area contributed by atoms with Crippen molar-refractivity contribution in [1.29, 1.82) is 0 Å². The lowest BCUT2D eigenvalue weighted by atomic mass is 10.1. The van der Waals surface area contributed by atoms with Crippen molar-refractivity contribution in [2.24, 2.45) is 4.99 Å². The topological polar surface area (TPSA) is 61.7 Å². The Morgan fingerprint density at radius 2 is 1.94 bits per heavy atom. The van der Waals surface area contributed by atoms with Gasteiger partial charge in [-0.25, -0.2) is 13.8 Å². The Hall–Kier alpha value is -3.00. The van der Waals surface area contributed by atoms with Crippen LogP contribution in [0, 0.1) is 11.6 Å². The Kier molecular flexibility index (Phi) is 7.22. The fraction of sp³-hybridized carbons (Fsp3) is 0.391. The molecule has 1 fully saturated rings. The van der Waals surface area contributed by atoms with Crippen molar-refractivity contribution in [1.82, 2.24) is 14.8 Å². The van der Waals surface area contributed by atoms with Crippen molar-refractivity contribution < 1.29 is 13.6 Å². The highest BCUT2D eigenvalue weighted by atomic mass is 19.1. The third-order valence-electron chi connectivity index (χ3n) is 5.36. The first-order valence-electron chi connectivity index (χ1n) is 10.4. The molecule has 1 saturated heterocycles. The van der Waals surface area contributed by atoms with Crippen molar-refractivity contribution in [2.75, 3.05) is 32.5 Å². The number of piperidine rings is 1. The highest BCUT2D eigenvalue weighted by Gasteiger charge is 2.25. The zero-order valence-electron chi connectivity index (χ0n) is 18.4. The van der Waals surface area contributed by atoms with E-state index < -0.39 is 11.6 Å². The number of anilines is 1. The van der Waals surface area contributed by atoms with Crippen LogP contribution in [0.25, 0.3) is 5.70 Å². The molecular formula is C23H29F2N5O. The molecular weight excluding hydrogens is 400 g/mol. The lowest BCUT2D eigenvalue weighted by molar-refractivity contribution is 0.0827. The number of carbonyl (C=O) groups excluding carboxylic acids is 1. The summed E-state index contributed by atoms with van der Waals surface area (Å²) in [4.78, 5) is 17.9. The van der Waals surface area contributed by atoms with E-state index in [0.717, 1.165) is 25.9 Å². The molecule has 2 N–H and O–H groups in total. The van der Waals surface area contributed by atoms with E-state index in [1.165, 1.54) is 23.2 Å². The Morgan fingerprint density at radius 3 is 2.52 bits per heavy atom. The van der Waals surface area contributed by atoms with Crippen molar-refractivity contribution in [3.05, 3.63) is 53.2 Å². The van der Waals surface area contributed by atoms with Gasteiger partial charge in [0.1, 0.15) is 11.6 Å². The van der Waals surface area contributed by atoms with Crippen LogP contribution in [0.2, 0.25) is 0 Å². The lowest BCUT2D eigenvalue weighted by Gasteiger charge is -2.25. The molecule has 3 rings (SSSR count). The number of nitrogens with one attached hydrogen (secondary N) is 2.